The molecule has 0 unspecified atom stereocenters. The Balaban J connectivity index is 2.21. The van der Waals surface area contributed by atoms with E-state index in [-0.39, 0.29) is 17.4 Å². The first kappa shape index (κ1) is 13.7. The maximum absolute atomic E-state index is 12.2. The van der Waals surface area contributed by atoms with E-state index in [1.165, 1.54) is 0 Å². The number of hydrogen-bond donors (Lipinski definition) is 1. The zero-order chi connectivity index (χ0) is 14.0. The van der Waals surface area contributed by atoms with Crippen LogP contribution in [0.2, 0.25) is 0 Å². The third-order valence-electron chi connectivity index (χ3n) is 3.65. The van der Waals surface area contributed by atoms with Crippen LogP contribution in [-0.2, 0) is 10.3 Å². The summed E-state index contributed by atoms with van der Waals surface area (Å²) in [6, 6.07) is 3.88. The molecule has 2 rings (SSSR count). The first-order valence-electron chi connectivity index (χ1n) is 6.85. The minimum absolute atomic E-state index is 0.0885. The lowest BCUT2D eigenvalue weighted by atomic mass is 10.1. The van der Waals surface area contributed by atoms with E-state index >= 15 is 0 Å². The van der Waals surface area contributed by atoms with Gasteiger partial charge in [-0.15, -0.1) is 0 Å². The molecule has 1 aliphatic rings. The highest BCUT2D eigenvalue weighted by Gasteiger charge is 2.25. The lowest BCUT2D eigenvalue weighted by molar-refractivity contribution is -0.119. The van der Waals surface area contributed by atoms with E-state index in [1.54, 1.807) is 12.3 Å². The van der Waals surface area contributed by atoms with Crippen molar-refractivity contribution in [1.29, 1.82) is 5.26 Å². The lowest BCUT2D eigenvalue weighted by Gasteiger charge is -2.25. The van der Waals surface area contributed by atoms with Gasteiger partial charge in [0.15, 0.2) is 0 Å². The van der Waals surface area contributed by atoms with Gasteiger partial charge in [-0.1, -0.05) is 12.8 Å². The second-order valence-electron chi connectivity index (χ2n) is 6.24. The van der Waals surface area contributed by atoms with Crippen LogP contribution in [0.4, 0.5) is 5.82 Å². The SMILES string of the molecule is CC(C)(C)n1cc(C#N)cc1NC(=O)C1CCCC1. The molecular weight excluding hydrogens is 238 g/mol. The molecular formula is C15H21N3O. The largest absolute Gasteiger partial charge is 0.328 e. The van der Waals surface area contributed by atoms with Crippen LogP contribution in [0.1, 0.15) is 52.0 Å². The van der Waals surface area contributed by atoms with E-state index in [2.05, 4.69) is 32.2 Å². The summed E-state index contributed by atoms with van der Waals surface area (Å²) in [6.45, 7) is 6.16. The molecule has 4 heteroatoms. The molecule has 0 aromatic carbocycles. The zero-order valence-electron chi connectivity index (χ0n) is 11.9. The first-order valence-corrected chi connectivity index (χ1v) is 6.85. The van der Waals surface area contributed by atoms with Gasteiger partial charge in [0.25, 0.3) is 0 Å². The highest BCUT2D eigenvalue weighted by atomic mass is 16.2. The fourth-order valence-electron chi connectivity index (χ4n) is 2.59. The molecule has 0 aliphatic heterocycles. The number of carbonyl (C=O) groups excluding carboxylic acids is 1. The van der Waals surface area contributed by atoms with Crippen molar-refractivity contribution in [3.8, 4) is 6.07 Å². The molecule has 1 saturated carbocycles. The second kappa shape index (κ2) is 5.08. The molecule has 1 N–H and O–H groups in total. The van der Waals surface area contributed by atoms with Crippen molar-refractivity contribution in [3.63, 3.8) is 0 Å². The van der Waals surface area contributed by atoms with E-state index < -0.39 is 0 Å². The van der Waals surface area contributed by atoms with Crippen LogP contribution in [-0.4, -0.2) is 10.5 Å². The van der Waals surface area contributed by atoms with Crippen molar-refractivity contribution in [2.24, 2.45) is 5.92 Å². The van der Waals surface area contributed by atoms with Crippen molar-refractivity contribution >= 4 is 11.7 Å². The van der Waals surface area contributed by atoms with E-state index in [4.69, 9.17) is 5.26 Å². The number of nitrogens with zero attached hydrogens (tertiary/aromatic N) is 2. The van der Waals surface area contributed by atoms with Crippen molar-refractivity contribution < 1.29 is 4.79 Å². The Bertz CT molecular complexity index is 510. The smallest absolute Gasteiger partial charge is 0.228 e. The van der Waals surface area contributed by atoms with Gasteiger partial charge in [0, 0.05) is 17.7 Å². The summed E-state index contributed by atoms with van der Waals surface area (Å²) in [6.07, 6.45) is 6.04. The minimum Gasteiger partial charge on any atom is -0.328 e. The van der Waals surface area contributed by atoms with E-state index in [0.717, 1.165) is 31.5 Å². The molecule has 0 radical (unpaired) electrons. The molecule has 1 fully saturated rings. The number of carbonyl (C=O) groups is 1. The molecule has 1 aromatic rings. The quantitative estimate of drug-likeness (QED) is 0.886. The molecule has 102 valence electrons. The van der Waals surface area contributed by atoms with E-state index in [1.807, 2.05) is 4.57 Å². The summed E-state index contributed by atoms with van der Waals surface area (Å²) in [4.78, 5) is 12.2. The normalized spacial score (nSPS) is 16.3. The molecule has 1 heterocycles. The predicted molar refractivity (Wildman–Crippen MR) is 74.7 cm³/mol. The minimum atomic E-state index is -0.159. The van der Waals surface area contributed by atoms with Gasteiger partial charge in [-0.3, -0.25) is 4.79 Å². The van der Waals surface area contributed by atoms with Crippen LogP contribution in [0.25, 0.3) is 0 Å². The van der Waals surface area contributed by atoms with Gasteiger partial charge in [0.05, 0.1) is 5.56 Å². The van der Waals surface area contributed by atoms with E-state index in [9.17, 15) is 4.79 Å². The molecule has 0 saturated heterocycles. The van der Waals surface area contributed by atoms with Gasteiger partial charge >= 0.3 is 0 Å². The number of anilines is 1. The Kier molecular flexibility index (Phi) is 3.66. The molecule has 1 amide bonds. The Hall–Kier alpha value is -1.76. The topological polar surface area (TPSA) is 57.8 Å². The van der Waals surface area contributed by atoms with Crippen molar-refractivity contribution in [3.05, 3.63) is 17.8 Å². The van der Waals surface area contributed by atoms with Crippen LogP contribution < -0.4 is 5.32 Å². The van der Waals surface area contributed by atoms with Crippen LogP contribution in [0.15, 0.2) is 12.3 Å². The maximum Gasteiger partial charge on any atom is 0.228 e. The van der Waals surface area contributed by atoms with E-state index in [0.29, 0.717) is 5.56 Å². The van der Waals surface area contributed by atoms with Crippen LogP contribution >= 0.6 is 0 Å². The molecule has 0 atom stereocenters. The van der Waals surface area contributed by atoms with Gasteiger partial charge in [-0.05, 0) is 39.7 Å². The summed E-state index contributed by atoms with van der Waals surface area (Å²) < 4.78 is 1.96. The van der Waals surface area contributed by atoms with Crippen LogP contribution in [0, 0.1) is 17.2 Å². The fourth-order valence-corrected chi connectivity index (χ4v) is 2.59. The van der Waals surface area contributed by atoms with Crippen molar-refractivity contribution in [2.45, 2.75) is 52.0 Å². The highest BCUT2D eigenvalue weighted by Crippen LogP contribution is 2.28. The standard InChI is InChI=1S/C15H21N3O/c1-15(2,3)18-10-11(9-16)8-13(18)17-14(19)12-6-4-5-7-12/h8,10,12H,4-7H2,1-3H3,(H,17,19). The average Bonchev–Trinajstić information content (AvgIpc) is 2.96. The average molecular weight is 259 g/mol. The maximum atomic E-state index is 12.2. The van der Waals surface area contributed by atoms with Gasteiger partial charge in [-0.2, -0.15) is 5.26 Å². The predicted octanol–water partition coefficient (Wildman–Crippen LogP) is 3.24. The third-order valence-corrected chi connectivity index (χ3v) is 3.65. The van der Waals surface area contributed by atoms with Gasteiger partial charge in [0.1, 0.15) is 11.9 Å². The van der Waals surface area contributed by atoms with Gasteiger partial charge in [0.2, 0.25) is 5.91 Å². The molecule has 0 spiro atoms. The van der Waals surface area contributed by atoms with Gasteiger partial charge in [-0.25, -0.2) is 0 Å². The molecule has 1 aliphatic carbocycles. The number of hydrogen-bond acceptors (Lipinski definition) is 2. The summed E-state index contributed by atoms with van der Waals surface area (Å²) in [5.74, 6) is 0.945. The zero-order valence-corrected chi connectivity index (χ0v) is 11.9. The fraction of sp³-hybridized carbons (Fsp3) is 0.600. The molecule has 0 bridgehead atoms. The molecule has 4 nitrogen and oxygen atoms in total. The summed E-state index contributed by atoms with van der Waals surface area (Å²) in [5, 5.41) is 12.0. The number of nitrogens with one attached hydrogen (secondary N) is 1. The number of rotatable bonds is 2. The third kappa shape index (κ3) is 2.98. The second-order valence-corrected chi connectivity index (χ2v) is 6.24. The number of aromatic nitrogens is 1. The Morgan fingerprint density at radius 3 is 2.58 bits per heavy atom. The summed E-state index contributed by atoms with van der Waals surface area (Å²) >= 11 is 0. The monoisotopic (exact) mass is 259 g/mol. The highest BCUT2D eigenvalue weighted by molar-refractivity contribution is 5.92. The lowest BCUT2D eigenvalue weighted by Crippen LogP contribution is -2.27. The Labute approximate surface area is 114 Å². The number of nitriles is 1. The van der Waals surface area contributed by atoms with Gasteiger partial charge < -0.3 is 9.88 Å². The summed E-state index contributed by atoms with van der Waals surface area (Å²) in [7, 11) is 0. The Morgan fingerprint density at radius 1 is 1.42 bits per heavy atom. The van der Waals surface area contributed by atoms with Crippen LogP contribution in [0.3, 0.4) is 0 Å². The van der Waals surface area contributed by atoms with Crippen molar-refractivity contribution in [1.82, 2.24) is 4.57 Å². The van der Waals surface area contributed by atoms with Crippen molar-refractivity contribution in [2.75, 3.05) is 5.32 Å². The van der Waals surface area contributed by atoms with Crippen LogP contribution in [0.5, 0.6) is 0 Å². The summed E-state index contributed by atoms with van der Waals surface area (Å²) in [5.41, 5.74) is 0.421. The molecule has 1 aromatic heterocycles. The first-order chi connectivity index (χ1) is 8.91. The molecule has 19 heavy (non-hydrogen) atoms. The number of amides is 1. The Morgan fingerprint density at radius 2 is 2.05 bits per heavy atom.